The van der Waals surface area contributed by atoms with Crippen LogP contribution in [0.5, 0.6) is 11.5 Å². The van der Waals surface area contributed by atoms with Crippen LogP contribution in [0.1, 0.15) is 6.92 Å². The van der Waals surface area contributed by atoms with Crippen molar-refractivity contribution in [3.8, 4) is 22.8 Å². The zero-order valence-corrected chi connectivity index (χ0v) is 18.7. The third-order valence-corrected chi connectivity index (χ3v) is 5.76. The van der Waals surface area contributed by atoms with E-state index in [2.05, 4.69) is 20.3 Å². The highest BCUT2D eigenvalue weighted by Gasteiger charge is 2.31. The molecule has 5 rings (SSSR count). The highest BCUT2D eigenvalue weighted by atomic mass is 35.5. The number of nitrogens with one attached hydrogen (secondary N) is 1. The van der Waals surface area contributed by atoms with Crippen molar-refractivity contribution >= 4 is 39.9 Å². The highest BCUT2D eigenvalue weighted by molar-refractivity contribution is 6.33. The molecular formula is C23H20ClN5O4. The largest absolute Gasteiger partial charge is 0.493 e. The summed E-state index contributed by atoms with van der Waals surface area (Å²) in [6.07, 6.45) is 4.35. The summed E-state index contributed by atoms with van der Waals surface area (Å²) in [7, 11) is 1.58. The molecule has 33 heavy (non-hydrogen) atoms. The first-order valence-electron chi connectivity index (χ1n) is 10.2. The number of anilines is 2. The maximum Gasteiger partial charge on any atom is 0.219 e. The Bertz CT molecular complexity index is 1320. The van der Waals surface area contributed by atoms with Gasteiger partial charge in [-0.25, -0.2) is 15.0 Å². The Balaban J connectivity index is 1.46. The molecule has 2 aromatic heterocycles. The van der Waals surface area contributed by atoms with Crippen LogP contribution in [-0.2, 0) is 4.79 Å². The molecule has 1 saturated heterocycles. The van der Waals surface area contributed by atoms with Crippen LogP contribution in [0.3, 0.4) is 0 Å². The topological polar surface area (TPSA) is 103 Å². The zero-order chi connectivity index (χ0) is 22.9. The van der Waals surface area contributed by atoms with Gasteiger partial charge in [-0.05, 0) is 24.3 Å². The number of benzene rings is 2. The van der Waals surface area contributed by atoms with E-state index < -0.39 is 0 Å². The van der Waals surface area contributed by atoms with Crippen LogP contribution in [0.15, 0.2) is 53.7 Å². The number of methoxy groups -OCH3 is 1. The first kappa shape index (κ1) is 21.0. The molecule has 0 unspecified atom stereocenters. The number of fused-ring (bicyclic) bond motifs is 1. The number of halogens is 1. The van der Waals surface area contributed by atoms with Crippen molar-refractivity contribution in [2.45, 2.75) is 13.0 Å². The number of hydrogen-bond acceptors (Lipinski definition) is 8. The summed E-state index contributed by atoms with van der Waals surface area (Å²) in [6.45, 7) is 2.64. The molecule has 3 heterocycles. The molecule has 10 heteroatoms. The summed E-state index contributed by atoms with van der Waals surface area (Å²) in [4.78, 5) is 25.9. The summed E-state index contributed by atoms with van der Waals surface area (Å²) in [5.74, 6) is 2.32. The van der Waals surface area contributed by atoms with E-state index in [4.69, 9.17) is 25.5 Å². The minimum absolute atomic E-state index is 0.0351. The lowest BCUT2D eigenvalue weighted by molar-refractivity contribution is -0.137. The van der Waals surface area contributed by atoms with Gasteiger partial charge in [0.15, 0.2) is 23.7 Å². The lowest BCUT2D eigenvalue weighted by atomic mass is 10.1. The van der Waals surface area contributed by atoms with Gasteiger partial charge in [0.1, 0.15) is 18.2 Å². The molecule has 1 amide bonds. The zero-order valence-electron chi connectivity index (χ0n) is 17.9. The third kappa shape index (κ3) is 4.14. The number of amides is 1. The molecule has 2 aromatic carbocycles. The van der Waals surface area contributed by atoms with E-state index in [1.807, 2.05) is 18.2 Å². The predicted molar refractivity (Wildman–Crippen MR) is 123 cm³/mol. The molecule has 1 aliphatic heterocycles. The highest BCUT2D eigenvalue weighted by Crippen LogP contribution is 2.37. The second kappa shape index (κ2) is 8.59. The van der Waals surface area contributed by atoms with Crippen LogP contribution >= 0.6 is 11.6 Å². The molecule has 0 saturated carbocycles. The Kier molecular flexibility index (Phi) is 5.47. The fourth-order valence-electron chi connectivity index (χ4n) is 3.64. The molecule has 0 radical (unpaired) electrons. The molecule has 0 bridgehead atoms. The van der Waals surface area contributed by atoms with Gasteiger partial charge in [-0.3, -0.25) is 4.79 Å². The maximum atomic E-state index is 11.5. The van der Waals surface area contributed by atoms with Gasteiger partial charge in [-0.15, -0.1) is 0 Å². The van der Waals surface area contributed by atoms with Crippen molar-refractivity contribution in [3.05, 3.63) is 54.3 Å². The lowest BCUT2D eigenvalue weighted by Crippen LogP contribution is -2.55. The number of aromatic nitrogens is 3. The van der Waals surface area contributed by atoms with E-state index >= 15 is 0 Å². The summed E-state index contributed by atoms with van der Waals surface area (Å²) >= 11 is 6.34. The number of rotatable bonds is 6. The quantitative estimate of drug-likeness (QED) is 0.449. The fraction of sp³-hybridized carbons (Fsp3) is 0.217. The molecule has 9 nitrogen and oxygen atoms in total. The first-order chi connectivity index (χ1) is 16.0. The summed E-state index contributed by atoms with van der Waals surface area (Å²) in [5, 5.41) is 4.63. The normalized spacial score (nSPS) is 13.6. The number of carbonyl (C=O) groups excluding carboxylic acids is 1. The third-order valence-electron chi connectivity index (χ3n) is 5.43. The molecule has 4 aromatic rings. The second-order valence-corrected chi connectivity index (χ2v) is 8.00. The Morgan fingerprint density at radius 2 is 2.06 bits per heavy atom. The van der Waals surface area contributed by atoms with Gasteiger partial charge in [-0.2, -0.15) is 0 Å². The Labute approximate surface area is 194 Å². The van der Waals surface area contributed by atoms with E-state index in [-0.39, 0.29) is 12.0 Å². The van der Waals surface area contributed by atoms with E-state index in [9.17, 15) is 4.79 Å². The van der Waals surface area contributed by atoms with Gasteiger partial charge in [0, 0.05) is 29.6 Å². The first-order valence-corrected chi connectivity index (χ1v) is 10.6. The maximum absolute atomic E-state index is 11.5. The van der Waals surface area contributed by atoms with Crippen LogP contribution in [0, 0.1) is 0 Å². The Hall–Kier alpha value is -3.85. The van der Waals surface area contributed by atoms with Crippen molar-refractivity contribution < 1.29 is 18.7 Å². The van der Waals surface area contributed by atoms with Crippen molar-refractivity contribution in [2.75, 3.05) is 25.5 Å². The average molecular weight is 466 g/mol. The van der Waals surface area contributed by atoms with Crippen LogP contribution in [-0.4, -0.2) is 52.1 Å². The minimum atomic E-state index is -0.0954. The van der Waals surface area contributed by atoms with E-state index in [1.165, 1.54) is 12.7 Å². The van der Waals surface area contributed by atoms with Crippen LogP contribution in [0.25, 0.3) is 22.2 Å². The monoisotopic (exact) mass is 465 g/mol. The summed E-state index contributed by atoms with van der Waals surface area (Å²) < 4.78 is 17.0. The lowest BCUT2D eigenvalue weighted by Gasteiger charge is -2.38. The predicted octanol–water partition coefficient (Wildman–Crippen LogP) is 4.30. The smallest absolute Gasteiger partial charge is 0.219 e. The van der Waals surface area contributed by atoms with Crippen LogP contribution in [0.4, 0.5) is 11.5 Å². The van der Waals surface area contributed by atoms with Gasteiger partial charge in [0.05, 0.1) is 36.9 Å². The van der Waals surface area contributed by atoms with E-state index in [1.54, 1.807) is 37.3 Å². The van der Waals surface area contributed by atoms with Crippen molar-refractivity contribution in [2.24, 2.45) is 0 Å². The van der Waals surface area contributed by atoms with E-state index in [0.717, 1.165) is 11.1 Å². The average Bonchev–Trinajstić information content (AvgIpc) is 3.31. The van der Waals surface area contributed by atoms with Crippen molar-refractivity contribution in [1.29, 1.82) is 0 Å². The van der Waals surface area contributed by atoms with E-state index in [0.29, 0.717) is 52.3 Å². The number of nitrogens with zero attached hydrogens (tertiary/aromatic N) is 4. The van der Waals surface area contributed by atoms with Gasteiger partial charge in [-0.1, -0.05) is 11.6 Å². The molecule has 168 valence electrons. The Morgan fingerprint density at radius 3 is 2.79 bits per heavy atom. The number of carbonyl (C=O) groups is 1. The van der Waals surface area contributed by atoms with Gasteiger partial charge in [0.25, 0.3) is 0 Å². The van der Waals surface area contributed by atoms with Gasteiger partial charge < -0.3 is 24.1 Å². The molecular weight excluding hydrogens is 446 g/mol. The molecule has 0 aliphatic carbocycles. The van der Waals surface area contributed by atoms with Gasteiger partial charge in [0.2, 0.25) is 5.91 Å². The second-order valence-electron chi connectivity index (χ2n) is 7.59. The Morgan fingerprint density at radius 1 is 1.21 bits per heavy atom. The van der Waals surface area contributed by atoms with Crippen LogP contribution in [0.2, 0.25) is 5.02 Å². The number of oxazole rings is 1. The van der Waals surface area contributed by atoms with Crippen molar-refractivity contribution in [1.82, 2.24) is 19.9 Å². The summed E-state index contributed by atoms with van der Waals surface area (Å²) in [6, 6.07) is 9.14. The number of ether oxygens (including phenoxy) is 2. The van der Waals surface area contributed by atoms with Gasteiger partial charge >= 0.3 is 0 Å². The molecule has 1 fully saturated rings. The molecule has 1 aliphatic rings. The fourth-order valence-corrected chi connectivity index (χ4v) is 3.85. The molecule has 0 atom stereocenters. The minimum Gasteiger partial charge on any atom is -0.493 e. The molecule has 0 spiro atoms. The SMILES string of the molecule is COc1cc2ncnc(Nc3ccc(Cl)c(-c4cnco4)c3)c2cc1OC1CN(C(C)=O)C1. The summed E-state index contributed by atoms with van der Waals surface area (Å²) in [5.41, 5.74) is 2.17. The number of hydrogen-bond donors (Lipinski definition) is 1. The van der Waals surface area contributed by atoms with Crippen LogP contribution < -0.4 is 14.8 Å². The van der Waals surface area contributed by atoms with Crippen molar-refractivity contribution in [3.63, 3.8) is 0 Å². The standard InChI is InChI=1S/C23H20ClN5O4/c1-13(30)29-9-15(10-29)33-21-6-17-19(7-20(21)31-2)26-11-27-23(17)28-14-3-4-18(24)16(5-14)22-8-25-12-32-22/h3-8,11-12,15H,9-10H2,1-2H3,(H,26,27,28). The molecule has 1 N–H and O–H groups in total. The number of likely N-dealkylation sites (tertiary alicyclic amines) is 1.